The molecule has 1 N–H and O–H groups in total. The van der Waals surface area contributed by atoms with Crippen molar-refractivity contribution in [3.63, 3.8) is 0 Å². The Kier molecular flexibility index (Phi) is 16.8. The Hall–Kier alpha value is -1.10. The zero-order valence-corrected chi connectivity index (χ0v) is 22.2. The summed E-state index contributed by atoms with van der Waals surface area (Å²) in [5.74, 6) is -1.65. The van der Waals surface area contributed by atoms with Crippen LogP contribution in [0.15, 0.2) is 0 Å². The number of hydrogen-bond acceptors (Lipinski definition) is 3. The maximum atomic E-state index is 12.9. The Bertz CT molecular complexity index is 500. The maximum Gasteiger partial charge on any atom is 0.312 e. The molecule has 0 heterocycles. The fraction of sp³-hybridized carbons (Fsp3) is 0.926. The van der Waals surface area contributed by atoms with Gasteiger partial charge in [-0.15, -0.1) is 0 Å². The molecule has 2 unspecified atom stereocenters. The van der Waals surface area contributed by atoms with Crippen LogP contribution < -0.4 is 0 Å². The van der Waals surface area contributed by atoms with Crippen LogP contribution in [0, 0.1) is 11.3 Å². The Morgan fingerprint density at radius 2 is 1.31 bits per heavy atom. The highest BCUT2D eigenvalue weighted by atomic mass is 16.5. The van der Waals surface area contributed by atoms with E-state index in [1.54, 1.807) is 6.92 Å². The second-order valence-corrected chi connectivity index (χ2v) is 10.2. The highest BCUT2D eigenvalue weighted by molar-refractivity contribution is 5.78. The molecule has 0 spiro atoms. The molecule has 0 fully saturated rings. The van der Waals surface area contributed by atoms with E-state index >= 15 is 0 Å². The van der Waals surface area contributed by atoms with Crippen LogP contribution in [-0.4, -0.2) is 54.3 Å². The zero-order valence-electron chi connectivity index (χ0n) is 22.2. The molecule has 5 nitrogen and oxygen atoms in total. The largest absolute Gasteiger partial charge is 0.481 e. The molecular formula is C27H54NO4+. The molecule has 0 aliphatic heterocycles. The van der Waals surface area contributed by atoms with Crippen LogP contribution in [0.2, 0.25) is 0 Å². The monoisotopic (exact) mass is 456 g/mol. The molecule has 5 heteroatoms. The smallest absolute Gasteiger partial charge is 0.312 e. The van der Waals surface area contributed by atoms with Gasteiger partial charge < -0.3 is 14.3 Å². The van der Waals surface area contributed by atoms with E-state index in [2.05, 4.69) is 20.8 Å². The van der Waals surface area contributed by atoms with E-state index in [4.69, 9.17) is 4.74 Å². The van der Waals surface area contributed by atoms with Gasteiger partial charge >= 0.3 is 11.9 Å². The van der Waals surface area contributed by atoms with E-state index in [0.29, 0.717) is 19.4 Å². The Balaban J connectivity index is 5.03. The number of ether oxygens (including phenoxy) is 1. The molecule has 0 saturated heterocycles. The lowest BCUT2D eigenvalue weighted by molar-refractivity contribution is -0.929. The molecule has 0 radical (unpaired) electrons. The number of carboxylic acids is 1. The molecule has 190 valence electrons. The third-order valence-electron chi connectivity index (χ3n) is 7.21. The summed E-state index contributed by atoms with van der Waals surface area (Å²) in [7, 11) is 0. The van der Waals surface area contributed by atoms with Gasteiger partial charge in [0.05, 0.1) is 31.0 Å². The van der Waals surface area contributed by atoms with Crippen molar-refractivity contribution in [1.82, 2.24) is 0 Å². The molecule has 0 saturated carbocycles. The summed E-state index contributed by atoms with van der Waals surface area (Å²) in [6, 6.07) is 0. The number of hydrogen-bond donors (Lipinski definition) is 1. The lowest BCUT2D eigenvalue weighted by atomic mass is 9.79. The van der Waals surface area contributed by atoms with Crippen molar-refractivity contribution in [3.8, 4) is 0 Å². The van der Waals surface area contributed by atoms with Crippen molar-refractivity contribution in [2.45, 2.75) is 119 Å². The number of carbonyl (C=O) groups is 2. The molecular weight excluding hydrogens is 402 g/mol. The number of unbranched alkanes of at least 4 members (excludes halogenated alkanes) is 7. The van der Waals surface area contributed by atoms with Crippen molar-refractivity contribution >= 4 is 11.9 Å². The molecule has 0 aliphatic rings. The van der Waals surface area contributed by atoms with E-state index in [1.807, 2.05) is 13.8 Å². The quantitative estimate of drug-likeness (QED) is 0.117. The Labute approximate surface area is 198 Å². The minimum Gasteiger partial charge on any atom is -0.481 e. The van der Waals surface area contributed by atoms with Gasteiger partial charge in [-0.2, -0.15) is 0 Å². The number of esters is 1. The van der Waals surface area contributed by atoms with Gasteiger partial charge in [0, 0.05) is 0 Å². The maximum absolute atomic E-state index is 12.9. The Morgan fingerprint density at radius 1 is 0.812 bits per heavy atom. The van der Waals surface area contributed by atoms with E-state index in [-0.39, 0.29) is 5.97 Å². The van der Waals surface area contributed by atoms with Crippen LogP contribution in [0.25, 0.3) is 0 Å². The fourth-order valence-electron chi connectivity index (χ4n) is 4.53. The van der Waals surface area contributed by atoms with Gasteiger partial charge in [0.15, 0.2) is 0 Å². The fourth-order valence-corrected chi connectivity index (χ4v) is 4.53. The predicted octanol–water partition coefficient (Wildman–Crippen LogP) is 6.83. The Morgan fingerprint density at radius 3 is 1.81 bits per heavy atom. The first-order chi connectivity index (χ1) is 15.2. The zero-order chi connectivity index (χ0) is 24.5. The van der Waals surface area contributed by atoms with E-state index in [1.165, 1.54) is 70.8 Å². The molecule has 0 aromatic heterocycles. The third-order valence-corrected chi connectivity index (χ3v) is 7.21. The molecule has 0 aromatic carbocycles. The minimum absolute atomic E-state index is 0.239. The van der Waals surface area contributed by atoms with E-state index in [0.717, 1.165) is 24.1 Å². The number of carbonyl (C=O) groups excluding carboxylic acids is 1. The average molecular weight is 457 g/mol. The van der Waals surface area contributed by atoms with Gasteiger partial charge in [0.25, 0.3) is 0 Å². The van der Waals surface area contributed by atoms with E-state index in [9.17, 15) is 14.7 Å². The summed E-state index contributed by atoms with van der Waals surface area (Å²) in [6.07, 6.45) is 13.5. The first kappa shape index (κ1) is 30.9. The molecule has 32 heavy (non-hydrogen) atoms. The number of carboxylic acid groups (broad SMARTS) is 1. The third kappa shape index (κ3) is 12.2. The first-order valence-corrected chi connectivity index (χ1v) is 13.4. The molecule has 2 atom stereocenters. The lowest BCUT2D eigenvalue weighted by Gasteiger charge is -2.39. The van der Waals surface area contributed by atoms with Crippen LogP contribution in [0.1, 0.15) is 119 Å². The second kappa shape index (κ2) is 17.4. The van der Waals surface area contributed by atoms with Gasteiger partial charge in [-0.3, -0.25) is 9.59 Å². The highest BCUT2D eigenvalue weighted by Crippen LogP contribution is 2.31. The lowest BCUT2D eigenvalue weighted by Crippen LogP contribution is -2.52. The predicted molar refractivity (Wildman–Crippen MR) is 134 cm³/mol. The van der Waals surface area contributed by atoms with Crippen LogP contribution in [0.5, 0.6) is 0 Å². The molecule has 0 rings (SSSR count). The number of nitrogens with zero attached hydrogens (tertiary/aromatic N) is 1. The van der Waals surface area contributed by atoms with Gasteiger partial charge in [-0.25, -0.2) is 0 Å². The average Bonchev–Trinajstić information content (AvgIpc) is 2.77. The molecule has 0 aromatic rings. The topological polar surface area (TPSA) is 63.6 Å². The van der Waals surface area contributed by atoms with Crippen molar-refractivity contribution in [2.24, 2.45) is 11.3 Å². The van der Waals surface area contributed by atoms with Gasteiger partial charge in [-0.1, -0.05) is 73.1 Å². The van der Waals surface area contributed by atoms with Crippen molar-refractivity contribution < 1.29 is 23.9 Å². The SMILES string of the molecule is CCCCCCCC[N+](CCCC)(CCCC)CCOC(=O)C(C)(CC)CC(C)C(=O)O. The van der Waals surface area contributed by atoms with Crippen molar-refractivity contribution in [1.29, 1.82) is 0 Å². The normalized spacial score (nSPS) is 14.7. The molecule has 0 bridgehead atoms. The first-order valence-electron chi connectivity index (χ1n) is 13.4. The summed E-state index contributed by atoms with van der Waals surface area (Å²) in [5, 5.41) is 9.27. The van der Waals surface area contributed by atoms with Crippen LogP contribution in [0.4, 0.5) is 0 Å². The highest BCUT2D eigenvalue weighted by Gasteiger charge is 2.37. The molecule has 0 amide bonds. The standard InChI is InChI=1S/C27H53NO4/c1-7-11-14-15-16-17-20-28(18-12-8-2,19-13-9-3)21-22-32-26(31)27(6,10-4)23-24(5)25(29)30/h24H,7-23H2,1-6H3/p+1. The van der Waals surface area contributed by atoms with Gasteiger partial charge in [0.2, 0.25) is 0 Å². The number of rotatable bonds is 21. The number of aliphatic carboxylic acids is 1. The summed E-state index contributed by atoms with van der Waals surface area (Å²) in [5.41, 5.74) is -0.737. The van der Waals surface area contributed by atoms with Crippen LogP contribution in [-0.2, 0) is 14.3 Å². The summed E-state index contributed by atoms with van der Waals surface area (Å²) in [6.45, 7) is 17.0. The summed E-state index contributed by atoms with van der Waals surface area (Å²) in [4.78, 5) is 24.2. The van der Waals surface area contributed by atoms with Crippen LogP contribution >= 0.6 is 0 Å². The minimum atomic E-state index is -0.855. The summed E-state index contributed by atoms with van der Waals surface area (Å²) >= 11 is 0. The second-order valence-electron chi connectivity index (χ2n) is 10.2. The number of quaternary nitrogens is 1. The van der Waals surface area contributed by atoms with E-state index < -0.39 is 17.3 Å². The van der Waals surface area contributed by atoms with Crippen molar-refractivity contribution in [3.05, 3.63) is 0 Å². The van der Waals surface area contributed by atoms with Gasteiger partial charge in [-0.05, 0) is 45.4 Å². The van der Waals surface area contributed by atoms with Crippen molar-refractivity contribution in [2.75, 3.05) is 32.8 Å². The van der Waals surface area contributed by atoms with Gasteiger partial charge in [0.1, 0.15) is 13.2 Å². The molecule has 0 aliphatic carbocycles. The van der Waals surface area contributed by atoms with Crippen LogP contribution in [0.3, 0.4) is 0 Å². The summed E-state index contributed by atoms with van der Waals surface area (Å²) < 4.78 is 6.86.